The van der Waals surface area contributed by atoms with Crippen molar-refractivity contribution in [3.05, 3.63) is 51.6 Å². The minimum absolute atomic E-state index is 0.108. The molecule has 2 aromatic carbocycles. The first-order valence-electron chi connectivity index (χ1n) is 7.68. The zero-order chi connectivity index (χ0) is 18.8. The van der Waals surface area contributed by atoms with E-state index in [0.29, 0.717) is 17.1 Å². The normalized spacial score (nSPS) is 10.2. The van der Waals surface area contributed by atoms with Gasteiger partial charge in [0.1, 0.15) is 18.1 Å². The second-order valence-corrected chi connectivity index (χ2v) is 6.30. The van der Waals surface area contributed by atoms with Gasteiger partial charge in [0, 0.05) is 14.8 Å². The monoisotopic (exact) mass is 463 g/mol. The lowest BCUT2D eigenvalue weighted by Crippen LogP contribution is -2.25. The number of methoxy groups -OCH3 is 1. The van der Waals surface area contributed by atoms with Gasteiger partial charge in [-0.1, -0.05) is 5.92 Å². The molecule has 134 valence electrons. The van der Waals surface area contributed by atoms with Crippen LogP contribution in [0.2, 0.25) is 0 Å². The Morgan fingerprint density at radius 2 is 2.08 bits per heavy atom. The second-order valence-electron chi connectivity index (χ2n) is 5.05. The number of anilines is 1. The molecule has 0 radical (unpaired) electrons. The maximum atomic E-state index is 11.9. The van der Waals surface area contributed by atoms with Gasteiger partial charge in [0.25, 0.3) is 5.91 Å². The van der Waals surface area contributed by atoms with Gasteiger partial charge in [-0.05, 0) is 65.1 Å². The van der Waals surface area contributed by atoms with Gasteiger partial charge in [0.15, 0.2) is 0 Å². The van der Waals surface area contributed by atoms with E-state index < -0.39 is 0 Å². The maximum Gasteiger partial charge on any atom is 0.259 e. The van der Waals surface area contributed by atoms with E-state index in [4.69, 9.17) is 15.9 Å². The van der Waals surface area contributed by atoms with E-state index in [1.165, 1.54) is 6.21 Å². The summed E-state index contributed by atoms with van der Waals surface area (Å²) in [7, 11) is 1.57. The Morgan fingerprint density at radius 1 is 1.31 bits per heavy atom. The molecule has 0 aliphatic heterocycles. The molecule has 0 aromatic heterocycles. The van der Waals surface area contributed by atoms with Gasteiger partial charge in [0.05, 0.1) is 19.9 Å². The summed E-state index contributed by atoms with van der Waals surface area (Å²) < 4.78 is 11.8. The highest BCUT2D eigenvalue weighted by atomic mass is 127. The van der Waals surface area contributed by atoms with E-state index in [1.54, 1.807) is 25.3 Å². The van der Waals surface area contributed by atoms with Crippen molar-refractivity contribution < 1.29 is 14.3 Å². The number of ether oxygens (including phenoxy) is 2. The van der Waals surface area contributed by atoms with Crippen LogP contribution in [0.3, 0.4) is 0 Å². The first-order valence-corrected chi connectivity index (χ1v) is 8.76. The highest BCUT2D eigenvalue weighted by Crippen LogP contribution is 2.22. The third-order valence-electron chi connectivity index (χ3n) is 3.22. The van der Waals surface area contributed by atoms with Gasteiger partial charge in [-0.3, -0.25) is 4.79 Å². The minimum atomic E-state index is -0.270. The molecule has 0 heterocycles. The molecule has 0 atom stereocenters. The van der Waals surface area contributed by atoms with Crippen molar-refractivity contribution in [3.63, 3.8) is 0 Å². The molecule has 2 aromatic rings. The SMILES string of the molecule is C#CCOc1ccc(OC)cc1/C=N/NC(=O)CNc1ccc(I)cc1. The first-order chi connectivity index (χ1) is 12.6. The number of rotatable bonds is 8. The number of halogens is 1. The minimum Gasteiger partial charge on any atom is -0.497 e. The third kappa shape index (κ3) is 6.29. The molecule has 7 heteroatoms. The van der Waals surface area contributed by atoms with Crippen LogP contribution >= 0.6 is 22.6 Å². The van der Waals surface area contributed by atoms with Gasteiger partial charge >= 0.3 is 0 Å². The lowest BCUT2D eigenvalue weighted by molar-refractivity contribution is -0.119. The number of amides is 1. The van der Waals surface area contributed by atoms with Gasteiger partial charge in [-0.25, -0.2) is 5.43 Å². The Morgan fingerprint density at radius 3 is 2.77 bits per heavy atom. The van der Waals surface area contributed by atoms with Crippen LogP contribution in [0.5, 0.6) is 11.5 Å². The Bertz CT molecular complexity index is 814. The molecule has 0 aliphatic rings. The molecule has 0 saturated carbocycles. The number of nitrogens with zero attached hydrogens (tertiary/aromatic N) is 1. The van der Waals surface area contributed by atoms with E-state index >= 15 is 0 Å². The Labute approximate surface area is 166 Å². The number of carbonyl (C=O) groups is 1. The van der Waals surface area contributed by atoms with Crippen LogP contribution in [0, 0.1) is 15.9 Å². The first kappa shape index (κ1) is 19.6. The van der Waals surface area contributed by atoms with Crippen LogP contribution in [0.15, 0.2) is 47.6 Å². The number of carbonyl (C=O) groups excluding carboxylic acids is 1. The molecule has 6 nitrogen and oxygen atoms in total. The average Bonchev–Trinajstić information content (AvgIpc) is 2.66. The largest absolute Gasteiger partial charge is 0.497 e. The van der Waals surface area contributed by atoms with E-state index in [2.05, 4.69) is 44.4 Å². The van der Waals surface area contributed by atoms with Crippen molar-refractivity contribution in [2.45, 2.75) is 0 Å². The zero-order valence-corrected chi connectivity index (χ0v) is 16.3. The third-order valence-corrected chi connectivity index (χ3v) is 3.94. The van der Waals surface area contributed by atoms with Crippen molar-refractivity contribution in [1.82, 2.24) is 5.43 Å². The smallest absolute Gasteiger partial charge is 0.259 e. The van der Waals surface area contributed by atoms with Crippen LogP contribution in [-0.4, -0.2) is 32.4 Å². The molecule has 2 rings (SSSR count). The molecular formula is C19H18IN3O3. The van der Waals surface area contributed by atoms with Gasteiger partial charge in [-0.15, -0.1) is 6.42 Å². The number of hydrazone groups is 1. The van der Waals surface area contributed by atoms with Crippen molar-refractivity contribution in [3.8, 4) is 23.8 Å². The number of hydrogen-bond acceptors (Lipinski definition) is 5. The zero-order valence-electron chi connectivity index (χ0n) is 14.2. The van der Waals surface area contributed by atoms with E-state index in [9.17, 15) is 4.79 Å². The van der Waals surface area contributed by atoms with Gasteiger partial charge < -0.3 is 14.8 Å². The predicted octanol–water partition coefficient (Wildman–Crippen LogP) is 2.87. The maximum absolute atomic E-state index is 11.9. The second kappa shape index (κ2) is 10.3. The summed E-state index contributed by atoms with van der Waals surface area (Å²) in [5.74, 6) is 3.34. The number of terminal acetylenes is 1. The van der Waals surface area contributed by atoms with Crippen molar-refractivity contribution in [2.24, 2.45) is 5.10 Å². The van der Waals surface area contributed by atoms with Crippen molar-refractivity contribution in [1.29, 1.82) is 0 Å². The highest BCUT2D eigenvalue weighted by molar-refractivity contribution is 14.1. The average molecular weight is 463 g/mol. The summed E-state index contributed by atoms with van der Waals surface area (Å²) in [6.45, 7) is 0.246. The summed E-state index contributed by atoms with van der Waals surface area (Å²) in [5, 5.41) is 6.98. The summed E-state index contributed by atoms with van der Waals surface area (Å²) in [5.41, 5.74) is 3.97. The number of benzene rings is 2. The van der Waals surface area contributed by atoms with Gasteiger partial charge in [0.2, 0.25) is 0 Å². The molecule has 0 saturated heterocycles. The van der Waals surface area contributed by atoms with Crippen molar-refractivity contribution in [2.75, 3.05) is 25.6 Å². The molecule has 0 fully saturated rings. The Kier molecular flexibility index (Phi) is 7.76. The molecular weight excluding hydrogens is 445 g/mol. The molecule has 0 spiro atoms. The molecule has 1 amide bonds. The Hall–Kier alpha value is -2.73. The topological polar surface area (TPSA) is 72.0 Å². The summed E-state index contributed by atoms with van der Waals surface area (Å²) in [4.78, 5) is 11.9. The fraction of sp³-hybridized carbons (Fsp3) is 0.158. The molecule has 0 aliphatic carbocycles. The van der Waals surface area contributed by atoms with Gasteiger partial charge in [-0.2, -0.15) is 5.10 Å². The molecule has 26 heavy (non-hydrogen) atoms. The molecule has 2 N–H and O–H groups in total. The van der Waals surface area contributed by atoms with E-state index in [-0.39, 0.29) is 19.1 Å². The highest BCUT2D eigenvalue weighted by Gasteiger charge is 2.04. The lowest BCUT2D eigenvalue weighted by Gasteiger charge is -2.08. The van der Waals surface area contributed by atoms with Crippen LogP contribution in [0.1, 0.15) is 5.56 Å². The standard InChI is InChI=1S/C19H18IN3O3/c1-3-10-26-18-9-8-17(25-2)11-14(18)12-22-23-19(24)13-21-16-6-4-15(20)5-7-16/h1,4-9,11-12,21H,10,13H2,2H3,(H,23,24)/b22-12+. The van der Waals surface area contributed by atoms with Crippen LogP contribution < -0.4 is 20.2 Å². The lowest BCUT2D eigenvalue weighted by atomic mass is 10.2. The predicted molar refractivity (Wildman–Crippen MR) is 111 cm³/mol. The fourth-order valence-electron chi connectivity index (χ4n) is 1.97. The number of nitrogens with one attached hydrogen (secondary N) is 2. The van der Waals surface area contributed by atoms with Crippen molar-refractivity contribution >= 4 is 40.4 Å². The fourth-order valence-corrected chi connectivity index (χ4v) is 2.33. The molecule has 0 unspecified atom stereocenters. The van der Waals surface area contributed by atoms with Crippen LogP contribution in [0.25, 0.3) is 0 Å². The van der Waals surface area contributed by atoms with Crippen LogP contribution in [-0.2, 0) is 4.79 Å². The van der Waals surface area contributed by atoms with E-state index in [1.807, 2.05) is 24.3 Å². The molecule has 0 bridgehead atoms. The summed E-state index contributed by atoms with van der Waals surface area (Å²) in [6.07, 6.45) is 6.70. The number of hydrogen-bond donors (Lipinski definition) is 2. The summed E-state index contributed by atoms with van der Waals surface area (Å²) in [6, 6.07) is 13.0. The quantitative estimate of drug-likeness (QED) is 0.274. The van der Waals surface area contributed by atoms with Crippen LogP contribution in [0.4, 0.5) is 5.69 Å². The summed E-state index contributed by atoms with van der Waals surface area (Å²) >= 11 is 2.22. The van der Waals surface area contributed by atoms with E-state index in [0.717, 1.165) is 9.26 Å². The Balaban J connectivity index is 1.92.